The second kappa shape index (κ2) is 5.36. The summed E-state index contributed by atoms with van der Waals surface area (Å²) in [4.78, 5) is 16.2. The summed E-state index contributed by atoms with van der Waals surface area (Å²) in [6.45, 7) is 5.88. The molecule has 20 heavy (non-hydrogen) atoms. The number of anilines is 1. The molecule has 0 fully saturated rings. The smallest absolute Gasteiger partial charge is 0.360 e. The van der Waals surface area contributed by atoms with Gasteiger partial charge in [-0.15, -0.1) is 0 Å². The van der Waals surface area contributed by atoms with Crippen molar-refractivity contribution in [1.82, 2.24) is 19.3 Å². The number of carbonyl (C=O) groups is 1. The number of hydrogen-bond acceptors (Lipinski definition) is 5. The van der Waals surface area contributed by atoms with Crippen molar-refractivity contribution in [2.45, 2.75) is 27.2 Å². The molecule has 7 nitrogen and oxygen atoms in total. The predicted octanol–water partition coefficient (Wildman–Crippen LogP) is 1.24. The zero-order chi connectivity index (χ0) is 14.9. The lowest BCUT2D eigenvalue weighted by molar-refractivity contribution is 0.0521. The molecule has 108 valence electrons. The van der Waals surface area contributed by atoms with Gasteiger partial charge in [-0.1, -0.05) is 6.92 Å². The second-order valence-electron chi connectivity index (χ2n) is 4.44. The van der Waals surface area contributed by atoms with Crippen LogP contribution in [-0.4, -0.2) is 31.9 Å². The highest BCUT2D eigenvalue weighted by atomic mass is 16.5. The molecule has 0 aliphatic carbocycles. The molecule has 0 atom stereocenters. The Morgan fingerprint density at radius 2 is 2.15 bits per heavy atom. The molecule has 0 saturated carbocycles. The van der Waals surface area contributed by atoms with E-state index in [0.717, 1.165) is 11.4 Å². The summed E-state index contributed by atoms with van der Waals surface area (Å²) in [5.74, 6) is 0.498. The average molecular weight is 277 g/mol. The molecular formula is C13H19N5O2. The molecule has 0 radical (unpaired) electrons. The number of hydrogen-bond donors (Lipinski definition) is 1. The van der Waals surface area contributed by atoms with E-state index in [2.05, 4.69) is 10.1 Å². The minimum absolute atomic E-state index is 0.159. The van der Waals surface area contributed by atoms with Crippen LogP contribution in [-0.2, 0) is 18.2 Å². The van der Waals surface area contributed by atoms with E-state index in [9.17, 15) is 4.79 Å². The van der Waals surface area contributed by atoms with Gasteiger partial charge >= 0.3 is 5.97 Å². The fourth-order valence-electron chi connectivity index (χ4n) is 2.14. The van der Waals surface area contributed by atoms with Gasteiger partial charge in [0.15, 0.2) is 5.69 Å². The van der Waals surface area contributed by atoms with Gasteiger partial charge in [0.2, 0.25) is 0 Å². The van der Waals surface area contributed by atoms with Crippen LogP contribution in [0.4, 0.5) is 5.82 Å². The fourth-order valence-corrected chi connectivity index (χ4v) is 2.14. The number of nitrogen functional groups attached to an aromatic ring is 1. The lowest BCUT2D eigenvalue weighted by Crippen LogP contribution is -2.09. The van der Waals surface area contributed by atoms with Crippen LogP contribution in [0.15, 0.2) is 6.20 Å². The minimum atomic E-state index is -0.500. The molecule has 0 spiro atoms. The molecular weight excluding hydrogens is 258 g/mol. The highest BCUT2D eigenvalue weighted by molar-refractivity contribution is 5.92. The first-order valence-electron chi connectivity index (χ1n) is 6.54. The number of ether oxygens (including phenoxy) is 1. The topological polar surface area (TPSA) is 88.0 Å². The van der Waals surface area contributed by atoms with Crippen LogP contribution in [0.1, 0.15) is 35.9 Å². The van der Waals surface area contributed by atoms with Crippen molar-refractivity contribution in [3.8, 4) is 5.69 Å². The third-order valence-corrected chi connectivity index (χ3v) is 3.00. The van der Waals surface area contributed by atoms with Gasteiger partial charge in [-0.05, 0) is 13.8 Å². The van der Waals surface area contributed by atoms with E-state index in [0.29, 0.717) is 18.9 Å². The summed E-state index contributed by atoms with van der Waals surface area (Å²) in [6.07, 6.45) is 2.50. The van der Waals surface area contributed by atoms with Crippen molar-refractivity contribution in [3.05, 3.63) is 23.4 Å². The number of rotatable bonds is 4. The first-order chi connectivity index (χ1) is 9.49. The van der Waals surface area contributed by atoms with Crippen LogP contribution >= 0.6 is 0 Å². The van der Waals surface area contributed by atoms with Gasteiger partial charge in [-0.2, -0.15) is 5.10 Å². The summed E-state index contributed by atoms with van der Waals surface area (Å²) in [6, 6.07) is 0. The Kier molecular flexibility index (Phi) is 3.78. The second-order valence-corrected chi connectivity index (χ2v) is 4.44. The molecule has 0 amide bonds. The first kappa shape index (κ1) is 14.1. The van der Waals surface area contributed by atoms with Crippen LogP contribution < -0.4 is 5.73 Å². The SMILES string of the molecule is CCOC(=O)c1nc(CC)n(-c2cn(C)nc2C)c1N. The van der Waals surface area contributed by atoms with E-state index in [4.69, 9.17) is 10.5 Å². The van der Waals surface area contributed by atoms with E-state index < -0.39 is 5.97 Å². The first-order valence-corrected chi connectivity index (χ1v) is 6.54. The van der Waals surface area contributed by atoms with E-state index in [1.165, 1.54) is 0 Å². The summed E-state index contributed by atoms with van der Waals surface area (Å²) in [7, 11) is 1.83. The fraction of sp³-hybridized carbons (Fsp3) is 0.462. The highest BCUT2D eigenvalue weighted by Crippen LogP contribution is 2.23. The maximum absolute atomic E-state index is 11.9. The Bertz CT molecular complexity index is 641. The summed E-state index contributed by atoms with van der Waals surface area (Å²) >= 11 is 0. The van der Waals surface area contributed by atoms with Gasteiger partial charge in [0, 0.05) is 19.7 Å². The summed E-state index contributed by atoms with van der Waals surface area (Å²) < 4.78 is 8.44. The van der Waals surface area contributed by atoms with Crippen molar-refractivity contribution in [2.24, 2.45) is 7.05 Å². The summed E-state index contributed by atoms with van der Waals surface area (Å²) in [5, 5.41) is 4.29. The molecule has 0 unspecified atom stereocenters. The molecule has 0 saturated heterocycles. The van der Waals surface area contributed by atoms with Crippen molar-refractivity contribution < 1.29 is 9.53 Å². The number of aromatic nitrogens is 4. The number of nitrogens with two attached hydrogens (primary N) is 1. The molecule has 2 aromatic rings. The van der Waals surface area contributed by atoms with Crippen molar-refractivity contribution in [2.75, 3.05) is 12.3 Å². The Balaban J connectivity index is 2.58. The molecule has 2 heterocycles. The minimum Gasteiger partial charge on any atom is -0.461 e. The van der Waals surface area contributed by atoms with Crippen LogP contribution in [0.3, 0.4) is 0 Å². The lowest BCUT2D eigenvalue weighted by atomic mass is 10.3. The van der Waals surface area contributed by atoms with E-state index >= 15 is 0 Å². The Labute approximate surface area is 117 Å². The predicted molar refractivity (Wildman–Crippen MR) is 74.8 cm³/mol. The normalized spacial score (nSPS) is 10.8. The monoisotopic (exact) mass is 277 g/mol. The molecule has 2 rings (SSSR count). The Morgan fingerprint density at radius 1 is 1.45 bits per heavy atom. The third-order valence-electron chi connectivity index (χ3n) is 3.00. The van der Waals surface area contributed by atoms with E-state index in [-0.39, 0.29) is 11.5 Å². The van der Waals surface area contributed by atoms with Crippen molar-refractivity contribution in [1.29, 1.82) is 0 Å². The van der Waals surface area contributed by atoms with E-state index in [1.54, 1.807) is 16.2 Å². The Hall–Kier alpha value is -2.31. The van der Waals surface area contributed by atoms with Gasteiger partial charge in [-0.25, -0.2) is 9.78 Å². The number of carbonyl (C=O) groups excluding carboxylic acids is 1. The molecule has 2 N–H and O–H groups in total. The average Bonchev–Trinajstić information content (AvgIpc) is 2.89. The summed E-state index contributed by atoms with van der Waals surface area (Å²) in [5.41, 5.74) is 7.89. The molecule has 7 heteroatoms. The Morgan fingerprint density at radius 3 is 2.65 bits per heavy atom. The standard InChI is InChI=1S/C13H19N5O2/c1-5-10-15-11(13(19)20-6-2)12(14)18(10)9-7-17(4)16-8(9)3/h7H,5-6,14H2,1-4H3. The van der Waals surface area contributed by atoms with Crippen molar-refractivity contribution >= 4 is 11.8 Å². The largest absolute Gasteiger partial charge is 0.461 e. The van der Waals surface area contributed by atoms with E-state index in [1.807, 2.05) is 27.1 Å². The maximum Gasteiger partial charge on any atom is 0.360 e. The van der Waals surface area contributed by atoms with Crippen LogP contribution in [0, 0.1) is 6.92 Å². The molecule has 0 bridgehead atoms. The van der Waals surface area contributed by atoms with Crippen molar-refractivity contribution in [3.63, 3.8) is 0 Å². The van der Waals surface area contributed by atoms with Gasteiger partial charge in [0.1, 0.15) is 11.6 Å². The van der Waals surface area contributed by atoms with Gasteiger partial charge in [0.05, 0.1) is 18.0 Å². The van der Waals surface area contributed by atoms with Crippen LogP contribution in [0.5, 0.6) is 0 Å². The third kappa shape index (κ3) is 2.26. The molecule has 2 aromatic heterocycles. The number of esters is 1. The number of nitrogens with zero attached hydrogens (tertiary/aromatic N) is 4. The lowest BCUT2D eigenvalue weighted by Gasteiger charge is -2.07. The van der Waals surface area contributed by atoms with Gasteiger partial charge in [0.25, 0.3) is 0 Å². The van der Waals surface area contributed by atoms with Crippen LogP contribution in [0.25, 0.3) is 5.69 Å². The quantitative estimate of drug-likeness (QED) is 0.849. The zero-order valence-corrected chi connectivity index (χ0v) is 12.2. The molecule has 0 aromatic carbocycles. The van der Waals surface area contributed by atoms with Gasteiger partial charge < -0.3 is 10.5 Å². The van der Waals surface area contributed by atoms with Crippen LogP contribution in [0.2, 0.25) is 0 Å². The maximum atomic E-state index is 11.9. The highest BCUT2D eigenvalue weighted by Gasteiger charge is 2.23. The molecule has 0 aliphatic rings. The zero-order valence-electron chi connectivity index (χ0n) is 12.2. The molecule has 0 aliphatic heterocycles. The number of imidazole rings is 1. The van der Waals surface area contributed by atoms with Gasteiger partial charge in [-0.3, -0.25) is 9.25 Å². The number of aryl methyl sites for hydroxylation is 3.